The molecule has 0 aliphatic heterocycles. The van der Waals surface area contributed by atoms with Gasteiger partial charge in [0.2, 0.25) is 0 Å². The van der Waals surface area contributed by atoms with Gasteiger partial charge in [-0.1, -0.05) is 46.3 Å². The van der Waals surface area contributed by atoms with E-state index in [2.05, 4.69) is 47.5 Å². The maximum Gasteiger partial charge on any atom is 0.258 e. The summed E-state index contributed by atoms with van der Waals surface area (Å²) in [5.41, 5.74) is 1.28. The second-order valence-electron chi connectivity index (χ2n) is 6.01. The van der Waals surface area contributed by atoms with Gasteiger partial charge in [0.05, 0.1) is 20.6 Å². The smallest absolute Gasteiger partial charge is 0.258 e. The van der Waals surface area contributed by atoms with Crippen LogP contribution in [0.3, 0.4) is 0 Å². The highest BCUT2D eigenvalue weighted by molar-refractivity contribution is 9.10. The van der Waals surface area contributed by atoms with Gasteiger partial charge in [-0.2, -0.15) is 0 Å². The first kappa shape index (κ1) is 18.5. The van der Waals surface area contributed by atoms with Gasteiger partial charge in [0, 0.05) is 10.9 Å². The molecule has 0 unspecified atom stereocenters. The fourth-order valence-corrected chi connectivity index (χ4v) is 2.61. The van der Waals surface area contributed by atoms with Crippen molar-refractivity contribution in [3.63, 3.8) is 0 Å². The SMILES string of the molecule is C[NH+](C)[C@@H](CNC(=O)COc1ccc(Br)cc1)Cc1ccccc1. The Bertz CT molecular complexity index is 630. The molecule has 24 heavy (non-hydrogen) atoms. The molecule has 0 bridgehead atoms. The number of carbonyl (C=O) groups is 1. The minimum Gasteiger partial charge on any atom is -0.484 e. The molecule has 2 aromatic carbocycles. The van der Waals surface area contributed by atoms with Crippen LogP contribution in [-0.4, -0.2) is 39.2 Å². The van der Waals surface area contributed by atoms with Gasteiger partial charge in [0.25, 0.3) is 5.91 Å². The van der Waals surface area contributed by atoms with E-state index in [0.717, 1.165) is 10.9 Å². The van der Waals surface area contributed by atoms with Crippen molar-refractivity contribution < 1.29 is 14.4 Å². The summed E-state index contributed by atoms with van der Waals surface area (Å²) in [4.78, 5) is 13.3. The van der Waals surface area contributed by atoms with Crippen LogP contribution in [0.25, 0.3) is 0 Å². The van der Waals surface area contributed by atoms with Crippen LogP contribution in [0.1, 0.15) is 5.56 Å². The summed E-state index contributed by atoms with van der Waals surface area (Å²) in [5.74, 6) is 0.588. The molecule has 2 N–H and O–H groups in total. The van der Waals surface area contributed by atoms with Crippen molar-refractivity contribution in [2.24, 2.45) is 0 Å². The summed E-state index contributed by atoms with van der Waals surface area (Å²) in [6.07, 6.45) is 0.928. The average molecular weight is 392 g/mol. The number of benzene rings is 2. The summed E-state index contributed by atoms with van der Waals surface area (Å²) in [6.45, 7) is 0.655. The number of rotatable bonds is 8. The van der Waals surface area contributed by atoms with Crippen molar-refractivity contribution in [2.75, 3.05) is 27.2 Å². The number of nitrogens with one attached hydrogen (secondary N) is 2. The van der Waals surface area contributed by atoms with Crippen LogP contribution in [0.15, 0.2) is 59.1 Å². The van der Waals surface area contributed by atoms with Crippen LogP contribution in [-0.2, 0) is 11.2 Å². The maximum atomic E-state index is 12.0. The summed E-state index contributed by atoms with van der Waals surface area (Å²) in [5, 5.41) is 2.97. The van der Waals surface area contributed by atoms with E-state index in [1.54, 1.807) is 0 Å². The lowest BCUT2D eigenvalue weighted by Crippen LogP contribution is -3.11. The van der Waals surface area contributed by atoms with Crippen molar-refractivity contribution in [1.29, 1.82) is 0 Å². The lowest BCUT2D eigenvalue weighted by Gasteiger charge is -2.22. The van der Waals surface area contributed by atoms with Gasteiger partial charge in [-0.3, -0.25) is 4.79 Å². The van der Waals surface area contributed by atoms with E-state index in [9.17, 15) is 4.79 Å². The van der Waals surface area contributed by atoms with Crippen molar-refractivity contribution in [2.45, 2.75) is 12.5 Å². The molecule has 1 amide bonds. The van der Waals surface area contributed by atoms with Crippen LogP contribution in [0, 0.1) is 0 Å². The molecule has 0 heterocycles. The number of hydrogen-bond donors (Lipinski definition) is 2. The highest BCUT2D eigenvalue weighted by Crippen LogP contribution is 2.15. The van der Waals surface area contributed by atoms with Crippen molar-refractivity contribution >= 4 is 21.8 Å². The molecule has 2 aromatic rings. The normalized spacial score (nSPS) is 12.0. The van der Waals surface area contributed by atoms with E-state index in [0.29, 0.717) is 18.3 Å². The molecule has 0 spiro atoms. The van der Waals surface area contributed by atoms with Gasteiger partial charge in [-0.25, -0.2) is 0 Å². The van der Waals surface area contributed by atoms with Gasteiger partial charge in [-0.05, 0) is 29.8 Å². The predicted molar refractivity (Wildman–Crippen MR) is 99.4 cm³/mol. The molecular formula is C19H24BrN2O2+. The minimum atomic E-state index is -0.0998. The van der Waals surface area contributed by atoms with Crippen LogP contribution in [0.4, 0.5) is 0 Å². The number of quaternary nitrogens is 1. The van der Waals surface area contributed by atoms with Gasteiger partial charge in [0.15, 0.2) is 6.61 Å². The predicted octanol–water partition coefficient (Wildman–Crippen LogP) is 1.70. The average Bonchev–Trinajstić information content (AvgIpc) is 2.58. The number of hydrogen-bond acceptors (Lipinski definition) is 2. The third kappa shape index (κ3) is 6.34. The molecule has 5 heteroatoms. The molecule has 0 fully saturated rings. The van der Waals surface area contributed by atoms with E-state index in [4.69, 9.17) is 4.74 Å². The van der Waals surface area contributed by atoms with Crippen LogP contribution in [0.2, 0.25) is 0 Å². The first-order valence-corrected chi connectivity index (χ1v) is 8.83. The first-order chi connectivity index (χ1) is 11.5. The van der Waals surface area contributed by atoms with E-state index in [-0.39, 0.29) is 12.5 Å². The molecule has 0 aliphatic carbocycles. The van der Waals surface area contributed by atoms with Crippen molar-refractivity contribution in [3.05, 3.63) is 64.6 Å². The van der Waals surface area contributed by atoms with Crippen LogP contribution in [0.5, 0.6) is 5.75 Å². The molecule has 1 atom stereocenters. The summed E-state index contributed by atoms with van der Waals surface area (Å²) < 4.78 is 6.48. The fraction of sp³-hybridized carbons (Fsp3) is 0.316. The van der Waals surface area contributed by atoms with Gasteiger partial charge < -0.3 is 15.0 Å². The van der Waals surface area contributed by atoms with Crippen molar-refractivity contribution in [1.82, 2.24) is 5.32 Å². The zero-order valence-electron chi connectivity index (χ0n) is 14.1. The van der Waals surface area contributed by atoms with Crippen molar-refractivity contribution in [3.8, 4) is 5.75 Å². The lowest BCUT2D eigenvalue weighted by molar-refractivity contribution is -0.884. The standard InChI is InChI=1S/C19H23BrN2O2/c1-22(2)17(12-15-6-4-3-5-7-15)13-21-19(23)14-24-18-10-8-16(20)9-11-18/h3-11,17H,12-14H2,1-2H3,(H,21,23)/p+1/t17-/m1/s1. The van der Waals surface area contributed by atoms with Gasteiger partial charge in [-0.15, -0.1) is 0 Å². The molecule has 0 saturated heterocycles. The van der Waals surface area contributed by atoms with E-state index >= 15 is 0 Å². The van der Waals surface area contributed by atoms with E-state index < -0.39 is 0 Å². The van der Waals surface area contributed by atoms with Crippen LogP contribution < -0.4 is 15.0 Å². The molecule has 128 valence electrons. The Morgan fingerprint density at radius 3 is 2.42 bits per heavy atom. The number of halogens is 1. The Morgan fingerprint density at radius 2 is 1.79 bits per heavy atom. The van der Waals surface area contributed by atoms with Gasteiger partial charge >= 0.3 is 0 Å². The molecular weight excluding hydrogens is 368 g/mol. The summed E-state index contributed by atoms with van der Waals surface area (Å²) in [7, 11) is 4.22. The third-order valence-corrected chi connectivity index (χ3v) is 4.40. The maximum absolute atomic E-state index is 12.0. The Balaban J connectivity index is 1.78. The number of likely N-dealkylation sites (N-methyl/N-ethyl adjacent to an activating group) is 1. The second-order valence-corrected chi connectivity index (χ2v) is 6.93. The number of carbonyl (C=O) groups excluding carboxylic acids is 1. The monoisotopic (exact) mass is 391 g/mol. The largest absolute Gasteiger partial charge is 0.484 e. The molecule has 0 aliphatic rings. The Kier molecular flexibility index (Phi) is 7.28. The minimum absolute atomic E-state index is 0.0302. The van der Waals surface area contributed by atoms with Crippen LogP contribution >= 0.6 is 15.9 Å². The Hall–Kier alpha value is -1.85. The van der Waals surface area contributed by atoms with Gasteiger partial charge in [0.1, 0.15) is 11.8 Å². The molecule has 4 nitrogen and oxygen atoms in total. The number of amides is 1. The quantitative estimate of drug-likeness (QED) is 0.718. The first-order valence-electron chi connectivity index (χ1n) is 8.03. The second kappa shape index (κ2) is 9.45. The highest BCUT2D eigenvalue weighted by atomic mass is 79.9. The molecule has 0 aromatic heterocycles. The fourth-order valence-electron chi connectivity index (χ4n) is 2.35. The van der Waals surface area contributed by atoms with E-state index in [1.807, 2.05) is 42.5 Å². The lowest BCUT2D eigenvalue weighted by atomic mass is 10.1. The highest BCUT2D eigenvalue weighted by Gasteiger charge is 2.17. The molecule has 0 radical (unpaired) electrons. The Labute approximate surface area is 151 Å². The summed E-state index contributed by atoms with van der Waals surface area (Å²) in [6, 6.07) is 18.1. The third-order valence-electron chi connectivity index (χ3n) is 3.87. The van der Waals surface area contributed by atoms with E-state index in [1.165, 1.54) is 10.5 Å². The molecule has 2 rings (SSSR count). The number of ether oxygens (including phenoxy) is 1. The topological polar surface area (TPSA) is 42.8 Å². The summed E-state index contributed by atoms with van der Waals surface area (Å²) >= 11 is 3.37. The zero-order valence-corrected chi connectivity index (χ0v) is 15.7. The Morgan fingerprint density at radius 1 is 1.12 bits per heavy atom. The zero-order chi connectivity index (χ0) is 17.4. The molecule has 0 saturated carbocycles.